The van der Waals surface area contributed by atoms with Gasteiger partial charge in [-0.05, 0) is 19.8 Å². The Morgan fingerprint density at radius 2 is 2.18 bits per heavy atom. The van der Waals surface area contributed by atoms with Crippen molar-refractivity contribution in [2.45, 2.75) is 43.7 Å². The van der Waals surface area contributed by atoms with Crippen LogP contribution in [0.1, 0.15) is 31.6 Å². The van der Waals surface area contributed by atoms with Crippen LogP contribution in [0.5, 0.6) is 0 Å². The maximum Gasteiger partial charge on any atom is 0.417 e. The number of nitrogens with two attached hydrogens (primary N) is 1. The lowest BCUT2D eigenvalue weighted by molar-refractivity contribution is -0.249. The van der Waals surface area contributed by atoms with E-state index in [2.05, 4.69) is 9.97 Å². The van der Waals surface area contributed by atoms with Crippen molar-refractivity contribution in [2.24, 2.45) is 5.73 Å². The summed E-state index contributed by atoms with van der Waals surface area (Å²) in [6.45, 7) is 1.53. The Bertz CT molecular complexity index is 373. The molecule has 1 aliphatic rings. The Morgan fingerprint density at radius 1 is 1.53 bits per heavy atom. The van der Waals surface area contributed by atoms with Crippen molar-refractivity contribution in [1.82, 2.24) is 9.97 Å². The van der Waals surface area contributed by atoms with Crippen molar-refractivity contribution in [3.05, 3.63) is 18.2 Å². The summed E-state index contributed by atoms with van der Waals surface area (Å²) < 4.78 is 43.1. The third-order valence-corrected chi connectivity index (χ3v) is 2.97. The van der Waals surface area contributed by atoms with E-state index in [1.165, 1.54) is 13.1 Å². The van der Waals surface area contributed by atoms with Gasteiger partial charge in [0.25, 0.3) is 0 Å². The molecule has 2 atom stereocenters. The summed E-state index contributed by atoms with van der Waals surface area (Å²) in [7, 11) is 0. The van der Waals surface area contributed by atoms with Gasteiger partial charge in [-0.15, -0.1) is 0 Å². The Hall–Kier alpha value is -1.08. The lowest BCUT2D eigenvalue weighted by atomic mass is 10.1. The highest BCUT2D eigenvalue weighted by molar-refractivity contribution is 5.05. The first-order valence-corrected chi connectivity index (χ1v) is 5.35. The first kappa shape index (κ1) is 12.4. The number of aromatic nitrogens is 2. The average molecular weight is 249 g/mol. The van der Waals surface area contributed by atoms with Gasteiger partial charge in [0.05, 0.1) is 12.1 Å². The maximum atomic E-state index is 12.7. The normalized spacial score (nSPS) is 22.2. The van der Waals surface area contributed by atoms with Gasteiger partial charge in [0.2, 0.25) is 0 Å². The zero-order chi connectivity index (χ0) is 12.7. The Labute approximate surface area is 96.4 Å². The van der Waals surface area contributed by atoms with Crippen LogP contribution in [0.2, 0.25) is 0 Å². The van der Waals surface area contributed by atoms with E-state index in [-0.39, 0.29) is 12.8 Å². The summed E-state index contributed by atoms with van der Waals surface area (Å²) in [5.41, 5.74) is 3.79. The fraction of sp³-hybridized carbons (Fsp3) is 0.700. The first-order chi connectivity index (χ1) is 7.86. The molecule has 1 aromatic heterocycles. The van der Waals surface area contributed by atoms with E-state index < -0.39 is 23.9 Å². The fourth-order valence-electron chi connectivity index (χ4n) is 1.69. The highest BCUT2D eigenvalue weighted by Crippen LogP contribution is 2.53. The zero-order valence-electron chi connectivity index (χ0n) is 9.29. The van der Waals surface area contributed by atoms with Crippen molar-refractivity contribution < 1.29 is 17.9 Å². The number of rotatable bonds is 4. The molecule has 0 spiro atoms. The summed E-state index contributed by atoms with van der Waals surface area (Å²) in [5, 5.41) is 0. The number of nitrogens with one attached hydrogen (secondary N) is 1. The largest absolute Gasteiger partial charge is 0.417 e. The molecule has 0 bridgehead atoms. The van der Waals surface area contributed by atoms with Crippen molar-refractivity contribution in [3.8, 4) is 0 Å². The van der Waals surface area contributed by atoms with Gasteiger partial charge in [-0.2, -0.15) is 13.2 Å². The number of halogens is 3. The molecule has 0 saturated heterocycles. The number of imidazole rings is 1. The Morgan fingerprint density at radius 3 is 2.59 bits per heavy atom. The molecular weight excluding hydrogens is 235 g/mol. The van der Waals surface area contributed by atoms with Gasteiger partial charge in [-0.1, -0.05) is 0 Å². The van der Waals surface area contributed by atoms with E-state index in [4.69, 9.17) is 10.5 Å². The van der Waals surface area contributed by atoms with E-state index in [1.54, 1.807) is 6.20 Å². The molecule has 1 aliphatic carbocycles. The number of alkyl halides is 3. The molecule has 0 amide bonds. The topological polar surface area (TPSA) is 63.9 Å². The van der Waals surface area contributed by atoms with E-state index >= 15 is 0 Å². The van der Waals surface area contributed by atoms with Gasteiger partial charge < -0.3 is 15.5 Å². The summed E-state index contributed by atoms with van der Waals surface area (Å²) >= 11 is 0. The lowest BCUT2D eigenvalue weighted by Crippen LogP contribution is -2.40. The second-order valence-corrected chi connectivity index (χ2v) is 4.32. The van der Waals surface area contributed by atoms with Crippen LogP contribution in [0.25, 0.3) is 0 Å². The second-order valence-electron chi connectivity index (χ2n) is 4.32. The summed E-state index contributed by atoms with van der Waals surface area (Å²) in [6.07, 6.45) is -2.00. The molecular formula is C10H14F3N3O. The number of aromatic amines is 1. The molecule has 4 nitrogen and oxygen atoms in total. The Balaban J connectivity index is 2.00. The molecule has 2 rings (SSSR count). The highest BCUT2D eigenvalue weighted by atomic mass is 19.4. The molecule has 0 radical (unpaired) electrons. The predicted octanol–water partition coefficient (Wildman–Crippen LogP) is 1.91. The van der Waals surface area contributed by atoms with E-state index in [9.17, 15) is 13.2 Å². The number of nitrogens with zero attached hydrogens (tertiary/aromatic N) is 1. The average Bonchev–Trinajstić information content (AvgIpc) is 2.83. The van der Waals surface area contributed by atoms with Crippen LogP contribution in [-0.4, -0.2) is 27.8 Å². The van der Waals surface area contributed by atoms with Gasteiger partial charge in [-0.3, -0.25) is 0 Å². The summed E-state index contributed by atoms with van der Waals surface area (Å²) in [4.78, 5) is 6.67. The molecule has 1 fully saturated rings. The minimum Gasteiger partial charge on any atom is -0.360 e. The van der Waals surface area contributed by atoms with Crippen LogP contribution in [0, 0.1) is 0 Å². The van der Waals surface area contributed by atoms with Crippen molar-refractivity contribution >= 4 is 0 Å². The van der Waals surface area contributed by atoms with Crippen molar-refractivity contribution in [3.63, 3.8) is 0 Å². The van der Waals surface area contributed by atoms with Crippen LogP contribution < -0.4 is 5.73 Å². The van der Waals surface area contributed by atoms with Crippen LogP contribution >= 0.6 is 0 Å². The summed E-state index contributed by atoms with van der Waals surface area (Å²) in [6, 6.07) is -0.690. The second kappa shape index (κ2) is 3.99. The van der Waals surface area contributed by atoms with Crippen LogP contribution in [-0.2, 0) is 4.74 Å². The smallest absolute Gasteiger partial charge is 0.360 e. The van der Waals surface area contributed by atoms with Crippen LogP contribution in [0.4, 0.5) is 13.2 Å². The molecule has 1 unspecified atom stereocenters. The van der Waals surface area contributed by atoms with E-state index in [0.717, 1.165) is 0 Å². The predicted molar refractivity (Wildman–Crippen MR) is 54.1 cm³/mol. The SMILES string of the molecule is CC(OC1(C(F)(F)F)CC1)[C@H](N)c1ncc[nH]1. The van der Waals surface area contributed by atoms with Gasteiger partial charge >= 0.3 is 6.18 Å². The van der Waals surface area contributed by atoms with E-state index in [0.29, 0.717) is 5.82 Å². The van der Waals surface area contributed by atoms with Crippen LogP contribution in [0.15, 0.2) is 12.4 Å². The monoisotopic (exact) mass is 249 g/mol. The quantitative estimate of drug-likeness (QED) is 0.856. The minimum atomic E-state index is -4.33. The highest BCUT2D eigenvalue weighted by Gasteiger charge is 2.65. The molecule has 7 heteroatoms. The lowest BCUT2D eigenvalue weighted by Gasteiger charge is -2.27. The number of hydrogen-bond donors (Lipinski definition) is 2. The molecule has 1 heterocycles. The van der Waals surface area contributed by atoms with Gasteiger partial charge in [0.15, 0.2) is 5.60 Å². The van der Waals surface area contributed by atoms with Gasteiger partial charge in [0, 0.05) is 12.4 Å². The molecule has 96 valence electrons. The molecule has 17 heavy (non-hydrogen) atoms. The summed E-state index contributed by atoms with van der Waals surface area (Å²) in [5.74, 6) is 0.426. The van der Waals surface area contributed by atoms with Crippen LogP contribution in [0.3, 0.4) is 0 Å². The molecule has 1 aromatic rings. The maximum absolute atomic E-state index is 12.7. The Kier molecular flexibility index (Phi) is 2.90. The third-order valence-electron chi connectivity index (χ3n) is 2.97. The molecule has 0 aliphatic heterocycles. The fourth-order valence-corrected chi connectivity index (χ4v) is 1.69. The first-order valence-electron chi connectivity index (χ1n) is 5.35. The van der Waals surface area contributed by atoms with Gasteiger partial charge in [-0.25, -0.2) is 4.98 Å². The molecule has 1 saturated carbocycles. The van der Waals surface area contributed by atoms with E-state index in [1.807, 2.05) is 0 Å². The van der Waals surface area contributed by atoms with Crippen molar-refractivity contribution in [1.29, 1.82) is 0 Å². The third kappa shape index (κ3) is 2.30. The van der Waals surface area contributed by atoms with Gasteiger partial charge in [0.1, 0.15) is 5.82 Å². The molecule has 0 aromatic carbocycles. The standard InChI is InChI=1S/C10H14F3N3O/c1-6(7(14)8-15-4-5-16-8)17-9(2-3-9)10(11,12)13/h4-7H,2-3,14H2,1H3,(H,15,16)/t6?,7-/m0/s1. The minimum absolute atomic E-state index is 0.00567. The number of ether oxygens (including phenoxy) is 1. The zero-order valence-corrected chi connectivity index (χ0v) is 9.29. The van der Waals surface area contributed by atoms with Crippen molar-refractivity contribution in [2.75, 3.05) is 0 Å². The number of H-pyrrole nitrogens is 1. The molecule has 3 N–H and O–H groups in total. The number of hydrogen-bond acceptors (Lipinski definition) is 3.